The van der Waals surface area contributed by atoms with Crippen LogP contribution in [0, 0.1) is 4.77 Å². The van der Waals surface area contributed by atoms with Crippen LogP contribution in [0.4, 0.5) is 0 Å². The van der Waals surface area contributed by atoms with Gasteiger partial charge in [-0.3, -0.25) is 9.67 Å². The lowest BCUT2D eigenvalue weighted by Gasteiger charge is -2.16. The van der Waals surface area contributed by atoms with E-state index >= 15 is 0 Å². The molecule has 0 saturated heterocycles. The Morgan fingerprint density at radius 2 is 1.95 bits per heavy atom. The van der Waals surface area contributed by atoms with Crippen LogP contribution in [0.3, 0.4) is 0 Å². The molecule has 5 nitrogen and oxygen atoms in total. The number of aromatic nitrogens is 3. The number of H-pyrrole nitrogens is 1. The molecule has 0 bridgehead atoms. The minimum Gasteiger partial charge on any atom is -0.325 e. The molecule has 0 aliphatic rings. The first-order valence-electron chi connectivity index (χ1n) is 5.67. The van der Waals surface area contributed by atoms with Crippen molar-refractivity contribution in [2.45, 2.75) is 5.75 Å². The van der Waals surface area contributed by atoms with E-state index in [1.807, 2.05) is 34.9 Å². The quantitative estimate of drug-likeness (QED) is 0.635. The largest absolute Gasteiger partial charge is 0.325 e. The second-order valence-corrected chi connectivity index (χ2v) is 10.6. The third-order valence-electron chi connectivity index (χ3n) is 2.56. The highest BCUT2D eigenvalue weighted by Gasteiger charge is 2.18. The lowest BCUT2D eigenvalue weighted by atomic mass is 10.3. The molecule has 2 aromatic rings. The van der Waals surface area contributed by atoms with Gasteiger partial charge < -0.3 is 9.05 Å². The number of para-hydroxylation sites is 1. The van der Waals surface area contributed by atoms with Gasteiger partial charge in [-0.1, -0.05) is 29.6 Å². The Morgan fingerprint density at radius 3 is 2.55 bits per heavy atom. The molecule has 1 heterocycles. The third-order valence-corrected chi connectivity index (χ3v) is 8.50. The molecule has 0 unspecified atom stereocenters. The highest BCUT2D eigenvalue weighted by molar-refractivity contribution is 8.67. The summed E-state index contributed by atoms with van der Waals surface area (Å²) in [5, 5.41) is 7.06. The van der Waals surface area contributed by atoms with Crippen LogP contribution in [0.15, 0.2) is 30.3 Å². The highest BCUT2D eigenvalue weighted by Crippen LogP contribution is 2.60. The third kappa shape index (κ3) is 3.58. The van der Waals surface area contributed by atoms with E-state index < -0.39 is 5.69 Å². The molecule has 0 fully saturated rings. The monoisotopic (exact) mass is 347 g/mol. The number of hydrogen-bond donors (Lipinski definition) is 1. The fourth-order valence-electron chi connectivity index (χ4n) is 1.59. The summed E-state index contributed by atoms with van der Waals surface area (Å²) in [6, 6.07) is 9.81. The first kappa shape index (κ1) is 15.9. The zero-order valence-electron chi connectivity index (χ0n) is 11.0. The summed E-state index contributed by atoms with van der Waals surface area (Å²) in [5.74, 6) is 1.34. The van der Waals surface area contributed by atoms with Crippen molar-refractivity contribution in [3.05, 3.63) is 40.9 Å². The van der Waals surface area contributed by atoms with Gasteiger partial charge in [0.25, 0.3) is 0 Å². The maximum Gasteiger partial charge on any atom is 0.247 e. The van der Waals surface area contributed by atoms with Crippen molar-refractivity contribution in [1.29, 1.82) is 0 Å². The molecule has 20 heavy (non-hydrogen) atoms. The summed E-state index contributed by atoms with van der Waals surface area (Å²) in [7, 11) is 3.12. The topological polar surface area (TPSA) is 52.1 Å². The molecule has 1 aromatic heterocycles. The van der Waals surface area contributed by atoms with Crippen molar-refractivity contribution in [1.82, 2.24) is 14.8 Å². The molecule has 0 aliphatic heterocycles. The van der Waals surface area contributed by atoms with Gasteiger partial charge in [0.2, 0.25) is 5.69 Å². The fraction of sp³-hybridized carbons (Fsp3) is 0.273. The van der Waals surface area contributed by atoms with Gasteiger partial charge in [0, 0.05) is 19.9 Å². The highest BCUT2D eigenvalue weighted by atomic mass is 32.9. The van der Waals surface area contributed by atoms with E-state index in [-0.39, 0.29) is 0 Å². The molecule has 108 valence electrons. The molecule has 0 saturated carbocycles. The Hall–Kier alpha value is -0.500. The molecular formula is C11H14N3O2PS3. The van der Waals surface area contributed by atoms with Gasteiger partial charge >= 0.3 is 0 Å². The molecule has 1 aromatic carbocycles. The summed E-state index contributed by atoms with van der Waals surface area (Å²) in [6.45, 7) is 0. The van der Waals surface area contributed by atoms with Gasteiger partial charge in [-0.25, -0.2) is 0 Å². The predicted octanol–water partition coefficient (Wildman–Crippen LogP) is 3.68. The summed E-state index contributed by atoms with van der Waals surface area (Å²) in [6.07, 6.45) is 0. The lowest BCUT2D eigenvalue weighted by Crippen LogP contribution is -2.00. The second kappa shape index (κ2) is 6.98. The predicted molar refractivity (Wildman–Crippen MR) is 88.3 cm³/mol. The number of aromatic amines is 1. The van der Waals surface area contributed by atoms with E-state index in [4.69, 9.17) is 33.1 Å². The number of nitrogens with one attached hydrogen (secondary N) is 1. The maximum atomic E-state index is 5.33. The Labute approximate surface area is 131 Å². The molecule has 0 radical (unpaired) electrons. The summed E-state index contributed by atoms with van der Waals surface area (Å²) >= 11 is 12.0. The second-order valence-electron chi connectivity index (χ2n) is 3.70. The van der Waals surface area contributed by atoms with Crippen molar-refractivity contribution in [2.24, 2.45) is 0 Å². The van der Waals surface area contributed by atoms with Gasteiger partial charge in [-0.05, 0) is 36.2 Å². The number of nitrogens with zero attached hydrogens (tertiary/aromatic N) is 2. The molecule has 0 amide bonds. The Kier molecular flexibility index (Phi) is 5.54. The maximum absolute atomic E-state index is 5.33. The molecule has 0 aliphatic carbocycles. The van der Waals surface area contributed by atoms with Crippen molar-refractivity contribution in [3.63, 3.8) is 0 Å². The first-order valence-corrected chi connectivity index (χ1v) is 10.3. The van der Waals surface area contributed by atoms with Crippen molar-refractivity contribution in [3.8, 4) is 5.69 Å². The van der Waals surface area contributed by atoms with Crippen LogP contribution < -0.4 is 0 Å². The zero-order chi connectivity index (χ0) is 14.6. The standard InChI is InChI=1S/C11H14N3O2PS3/c1-15-17(19,16-2)20-8-10-12-13-11(18)14(10)9-6-4-3-5-7-9/h3-7H,8H2,1-2H3,(H,13,18). The van der Waals surface area contributed by atoms with Crippen LogP contribution in [0.5, 0.6) is 0 Å². The van der Waals surface area contributed by atoms with E-state index in [1.165, 1.54) is 11.4 Å². The van der Waals surface area contributed by atoms with Gasteiger partial charge in [0.1, 0.15) is 5.82 Å². The van der Waals surface area contributed by atoms with Crippen LogP contribution >= 0.6 is 29.3 Å². The first-order chi connectivity index (χ1) is 9.59. The van der Waals surface area contributed by atoms with E-state index in [1.54, 1.807) is 14.2 Å². The van der Waals surface area contributed by atoms with Gasteiger partial charge in [0.15, 0.2) is 4.77 Å². The molecule has 0 spiro atoms. The van der Waals surface area contributed by atoms with E-state index in [2.05, 4.69) is 10.2 Å². The van der Waals surface area contributed by atoms with Crippen LogP contribution in [-0.2, 0) is 26.6 Å². The lowest BCUT2D eigenvalue weighted by molar-refractivity contribution is 0.354. The van der Waals surface area contributed by atoms with Crippen LogP contribution in [0.2, 0.25) is 0 Å². The van der Waals surface area contributed by atoms with E-state index in [9.17, 15) is 0 Å². The molecule has 9 heteroatoms. The van der Waals surface area contributed by atoms with Crippen molar-refractivity contribution >= 4 is 41.1 Å². The molecule has 1 N–H and O–H groups in total. The minimum atomic E-state index is -2.30. The summed E-state index contributed by atoms with van der Waals surface area (Å²) in [5.41, 5.74) is -1.34. The zero-order valence-corrected chi connectivity index (χ0v) is 14.3. The summed E-state index contributed by atoms with van der Waals surface area (Å²) in [4.78, 5) is 0. The molecule has 0 atom stereocenters. The van der Waals surface area contributed by atoms with Crippen molar-refractivity contribution < 1.29 is 9.05 Å². The number of benzene rings is 1. The van der Waals surface area contributed by atoms with Crippen molar-refractivity contribution in [2.75, 3.05) is 14.2 Å². The normalized spacial score (nSPS) is 11.7. The smallest absolute Gasteiger partial charge is 0.247 e. The Balaban J connectivity index is 2.27. The number of hydrogen-bond acceptors (Lipinski definition) is 6. The van der Waals surface area contributed by atoms with Gasteiger partial charge in [-0.15, -0.1) is 0 Å². The van der Waals surface area contributed by atoms with Crippen LogP contribution in [-0.4, -0.2) is 29.0 Å². The van der Waals surface area contributed by atoms with E-state index in [0.29, 0.717) is 10.5 Å². The van der Waals surface area contributed by atoms with Crippen LogP contribution in [0.1, 0.15) is 5.82 Å². The average molecular weight is 347 g/mol. The SMILES string of the molecule is COP(=S)(OC)SCc1n[nH]c(=S)n1-c1ccccc1. The summed E-state index contributed by atoms with van der Waals surface area (Å²) < 4.78 is 12.9. The fourth-order valence-corrected chi connectivity index (χ4v) is 4.60. The average Bonchev–Trinajstić information content (AvgIpc) is 2.86. The molecule has 2 rings (SSSR count). The van der Waals surface area contributed by atoms with Gasteiger partial charge in [-0.2, -0.15) is 5.10 Å². The minimum absolute atomic E-state index is 0.551. The molecular weight excluding hydrogens is 333 g/mol. The van der Waals surface area contributed by atoms with E-state index in [0.717, 1.165) is 11.5 Å². The number of rotatable bonds is 6. The Morgan fingerprint density at radius 1 is 1.30 bits per heavy atom. The van der Waals surface area contributed by atoms with Crippen LogP contribution in [0.25, 0.3) is 5.69 Å². The van der Waals surface area contributed by atoms with Gasteiger partial charge in [0.05, 0.1) is 5.75 Å². The Bertz CT molecular complexity index is 663.